The summed E-state index contributed by atoms with van der Waals surface area (Å²) in [6.07, 6.45) is 5.03. The Morgan fingerprint density at radius 3 is 2.07 bits per heavy atom. The Morgan fingerprint density at radius 1 is 1.29 bits per heavy atom. The second kappa shape index (κ2) is 3.59. The van der Waals surface area contributed by atoms with Gasteiger partial charge in [0.05, 0.1) is 0 Å². The average Bonchev–Trinajstić information content (AvgIpc) is 2.99. The highest BCUT2D eigenvalue weighted by Gasteiger charge is 2.47. The molecule has 1 amide bonds. The van der Waals surface area contributed by atoms with Crippen LogP contribution in [0.15, 0.2) is 0 Å². The van der Waals surface area contributed by atoms with Crippen molar-refractivity contribution in [3.05, 3.63) is 0 Å². The van der Waals surface area contributed by atoms with E-state index < -0.39 is 12.0 Å². The molecule has 0 aliphatic heterocycles. The number of hydrogen-bond donors (Lipinski definition) is 2. The zero-order valence-electron chi connectivity index (χ0n) is 7.98. The highest BCUT2D eigenvalue weighted by atomic mass is 16.4. The molecule has 2 rings (SSSR count). The van der Waals surface area contributed by atoms with Crippen molar-refractivity contribution >= 4 is 12.4 Å². The normalized spacial score (nSPS) is 23.2. The molecular formula is C10H15NO3. The molecule has 0 heterocycles. The highest BCUT2D eigenvalue weighted by molar-refractivity contribution is 5.76. The minimum Gasteiger partial charge on any atom is -0.480 e. The van der Waals surface area contributed by atoms with Crippen LogP contribution in [0.25, 0.3) is 0 Å². The maximum atomic E-state index is 11.0. The topological polar surface area (TPSA) is 66.4 Å². The van der Waals surface area contributed by atoms with Gasteiger partial charge in [-0.3, -0.25) is 4.79 Å². The summed E-state index contributed by atoms with van der Waals surface area (Å²) in [5.41, 5.74) is 0. The minimum absolute atomic E-state index is 0.178. The molecule has 1 unspecified atom stereocenters. The van der Waals surface area contributed by atoms with Crippen LogP contribution in [0, 0.1) is 17.8 Å². The smallest absolute Gasteiger partial charge is 0.326 e. The maximum absolute atomic E-state index is 11.0. The first kappa shape index (κ1) is 9.49. The molecule has 2 fully saturated rings. The number of carboxylic acid groups (broad SMARTS) is 1. The van der Waals surface area contributed by atoms with E-state index >= 15 is 0 Å². The van der Waals surface area contributed by atoms with Gasteiger partial charge >= 0.3 is 5.97 Å². The van der Waals surface area contributed by atoms with E-state index in [1.54, 1.807) is 0 Å². The van der Waals surface area contributed by atoms with Gasteiger partial charge in [0.25, 0.3) is 0 Å². The zero-order chi connectivity index (χ0) is 10.1. The fourth-order valence-corrected chi connectivity index (χ4v) is 2.31. The van der Waals surface area contributed by atoms with Crippen LogP contribution in [-0.4, -0.2) is 23.5 Å². The Labute approximate surface area is 82.7 Å². The van der Waals surface area contributed by atoms with Gasteiger partial charge in [-0.2, -0.15) is 0 Å². The van der Waals surface area contributed by atoms with E-state index in [4.69, 9.17) is 5.11 Å². The van der Waals surface area contributed by atoms with Crippen LogP contribution in [0.2, 0.25) is 0 Å². The van der Waals surface area contributed by atoms with Gasteiger partial charge in [-0.15, -0.1) is 0 Å². The van der Waals surface area contributed by atoms with Crippen LogP contribution in [0.4, 0.5) is 0 Å². The molecule has 2 saturated carbocycles. The van der Waals surface area contributed by atoms with Gasteiger partial charge in [0.2, 0.25) is 6.41 Å². The number of carbonyl (C=O) groups is 2. The second-order valence-electron chi connectivity index (χ2n) is 4.35. The highest BCUT2D eigenvalue weighted by Crippen LogP contribution is 2.50. The molecule has 1 atom stereocenters. The van der Waals surface area contributed by atoms with Gasteiger partial charge in [0.15, 0.2) is 0 Å². The van der Waals surface area contributed by atoms with Gasteiger partial charge in [0, 0.05) is 0 Å². The first-order chi connectivity index (χ1) is 6.74. The summed E-state index contributed by atoms with van der Waals surface area (Å²) >= 11 is 0. The first-order valence-corrected chi connectivity index (χ1v) is 5.16. The van der Waals surface area contributed by atoms with Crippen LogP contribution >= 0.6 is 0 Å². The summed E-state index contributed by atoms with van der Waals surface area (Å²) in [5, 5.41) is 11.5. The minimum atomic E-state index is -0.888. The molecule has 2 N–H and O–H groups in total. The third-order valence-electron chi connectivity index (χ3n) is 3.23. The predicted molar refractivity (Wildman–Crippen MR) is 49.6 cm³/mol. The second-order valence-corrected chi connectivity index (χ2v) is 4.35. The molecule has 0 saturated heterocycles. The largest absolute Gasteiger partial charge is 0.480 e. The van der Waals surface area contributed by atoms with Gasteiger partial charge < -0.3 is 10.4 Å². The molecule has 0 aromatic carbocycles. The fourth-order valence-electron chi connectivity index (χ4n) is 2.31. The molecule has 4 heteroatoms. The number of carboxylic acids is 1. The van der Waals surface area contributed by atoms with Crippen LogP contribution in [0.1, 0.15) is 25.7 Å². The van der Waals surface area contributed by atoms with Crippen molar-refractivity contribution in [1.82, 2.24) is 5.32 Å². The Kier molecular flexibility index (Phi) is 2.44. The Hall–Kier alpha value is -1.06. The van der Waals surface area contributed by atoms with E-state index in [0.717, 1.165) is 25.7 Å². The van der Waals surface area contributed by atoms with Crippen LogP contribution in [0.5, 0.6) is 0 Å². The number of amides is 1. The lowest BCUT2D eigenvalue weighted by Crippen LogP contribution is -2.44. The Bertz CT molecular complexity index is 234. The standard InChI is InChI=1S/C10H15NO3/c12-5-11-9(10(13)14)8(6-1-2-6)7-3-4-7/h5-9H,1-4H2,(H,11,12)(H,13,14). The van der Waals surface area contributed by atoms with Crippen molar-refractivity contribution in [2.75, 3.05) is 0 Å². The molecule has 4 nitrogen and oxygen atoms in total. The molecule has 0 spiro atoms. The molecule has 0 aromatic rings. The van der Waals surface area contributed by atoms with E-state index in [-0.39, 0.29) is 5.92 Å². The molecule has 0 radical (unpaired) electrons. The quantitative estimate of drug-likeness (QED) is 0.613. The van der Waals surface area contributed by atoms with E-state index in [1.165, 1.54) is 0 Å². The van der Waals surface area contributed by atoms with Gasteiger partial charge in [0.1, 0.15) is 6.04 Å². The lowest BCUT2D eigenvalue weighted by Gasteiger charge is -2.22. The van der Waals surface area contributed by atoms with Crippen molar-refractivity contribution in [3.8, 4) is 0 Å². The molecule has 14 heavy (non-hydrogen) atoms. The Morgan fingerprint density at radius 2 is 1.79 bits per heavy atom. The molecule has 2 aliphatic rings. The first-order valence-electron chi connectivity index (χ1n) is 5.16. The number of nitrogens with one attached hydrogen (secondary N) is 1. The number of rotatable bonds is 6. The number of carbonyl (C=O) groups excluding carboxylic acids is 1. The fraction of sp³-hybridized carbons (Fsp3) is 0.800. The summed E-state index contributed by atoms with van der Waals surface area (Å²) in [5.74, 6) is 0.366. The number of hydrogen-bond acceptors (Lipinski definition) is 2. The summed E-state index contributed by atoms with van der Waals surface area (Å²) in [7, 11) is 0. The summed E-state index contributed by atoms with van der Waals surface area (Å²) in [6, 6.07) is -0.660. The van der Waals surface area contributed by atoms with E-state index in [0.29, 0.717) is 18.2 Å². The third kappa shape index (κ3) is 1.89. The molecule has 78 valence electrons. The summed E-state index contributed by atoms with van der Waals surface area (Å²) in [4.78, 5) is 21.3. The van der Waals surface area contributed by atoms with E-state index in [1.807, 2.05) is 0 Å². The monoisotopic (exact) mass is 197 g/mol. The lowest BCUT2D eigenvalue weighted by atomic mass is 9.89. The SMILES string of the molecule is O=CNC(C(=O)O)C(C1CC1)C1CC1. The lowest BCUT2D eigenvalue weighted by molar-refractivity contribution is -0.142. The Balaban J connectivity index is 2.04. The van der Waals surface area contributed by atoms with Crippen LogP contribution in [0.3, 0.4) is 0 Å². The van der Waals surface area contributed by atoms with Crippen molar-refractivity contribution in [1.29, 1.82) is 0 Å². The number of aliphatic carboxylic acids is 1. The molecule has 2 aliphatic carbocycles. The van der Waals surface area contributed by atoms with Crippen molar-refractivity contribution in [3.63, 3.8) is 0 Å². The van der Waals surface area contributed by atoms with Crippen LogP contribution in [-0.2, 0) is 9.59 Å². The van der Waals surface area contributed by atoms with Crippen LogP contribution < -0.4 is 5.32 Å². The molecule has 0 bridgehead atoms. The predicted octanol–water partition coefficient (Wildman–Crippen LogP) is 0.622. The van der Waals surface area contributed by atoms with Crippen molar-refractivity contribution in [2.24, 2.45) is 17.8 Å². The molecule has 0 aromatic heterocycles. The van der Waals surface area contributed by atoms with E-state index in [9.17, 15) is 9.59 Å². The van der Waals surface area contributed by atoms with Crippen molar-refractivity contribution < 1.29 is 14.7 Å². The van der Waals surface area contributed by atoms with Gasteiger partial charge in [-0.05, 0) is 43.4 Å². The van der Waals surface area contributed by atoms with Crippen molar-refractivity contribution in [2.45, 2.75) is 31.7 Å². The maximum Gasteiger partial charge on any atom is 0.326 e. The zero-order valence-corrected chi connectivity index (χ0v) is 7.98. The van der Waals surface area contributed by atoms with E-state index in [2.05, 4.69) is 5.32 Å². The molecular weight excluding hydrogens is 182 g/mol. The van der Waals surface area contributed by atoms with Gasteiger partial charge in [-0.25, -0.2) is 4.79 Å². The van der Waals surface area contributed by atoms with Gasteiger partial charge in [-0.1, -0.05) is 0 Å². The average molecular weight is 197 g/mol. The summed E-state index contributed by atoms with van der Waals surface area (Å²) < 4.78 is 0. The summed E-state index contributed by atoms with van der Waals surface area (Å²) in [6.45, 7) is 0. The third-order valence-corrected chi connectivity index (χ3v) is 3.23.